The zero-order chi connectivity index (χ0) is 50.7. The van der Waals surface area contributed by atoms with E-state index in [4.69, 9.17) is 67.5 Å². The summed E-state index contributed by atoms with van der Waals surface area (Å²) >= 11 is 32.0. The van der Waals surface area contributed by atoms with Crippen molar-refractivity contribution in [2.24, 2.45) is 20.5 Å². The third kappa shape index (κ3) is 14.1. The Kier molecular flexibility index (Phi) is 18.8. The van der Waals surface area contributed by atoms with Crippen LogP contribution in [0.4, 0.5) is 34.1 Å². The van der Waals surface area contributed by atoms with Gasteiger partial charge in [0.05, 0.1) is 62.9 Å². The molecule has 4 amide bonds. The lowest BCUT2D eigenvalue weighted by Gasteiger charge is -2.17. The van der Waals surface area contributed by atoms with Crippen molar-refractivity contribution in [1.29, 1.82) is 0 Å². The van der Waals surface area contributed by atoms with Crippen LogP contribution in [-0.4, -0.2) is 61.5 Å². The third-order valence-corrected chi connectivity index (χ3v) is 11.5. The Hall–Kier alpha value is -6.43. The van der Waals surface area contributed by atoms with Gasteiger partial charge >= 0.3 is 0 Å². The summed E-state index contributed by atoms with van der Waals surface area (Å²) in [4.78, 5) is 79.2. The molecule has 0 fully saturated rings. The molecule has 360 valence electrons. The van der Waals surface area contributed by atoms with Crippen molar-refractivity contribution in [2.45, 2.75) is 62.8 Å². The number of nitrogens with zero attached hydrogens (tertiary/aromatic N) is 4. The molecule has 0 heterocycles. The molecule has 0 radical (unpaired) electrons. The number of nitrogens with one attached hydrogen (secondary N) is 4. The molecule has 0 bridgehead atoms. The summed E-state index contributed by atoms with van der Waals surface area (Å²) in [6.45, 7) is 7.42. The second kappa shape index (κ2) is 24.2. The van der Waals surface area contributed by atoms with Crippen molar-refractivity contribution in [3.05, 3.63) is 129 Å². The van der Waals surface area contributed by atoms with Crippen LogP contribution in [-0.2, 0) is 19.2 Å². The van der Waals surface area contributed by atoms with Crippen LogP contribution in [0.3, 0.4) is 0 Å². The lowest BCUT2D eigenvalue weighted by molar-refractivity contribution is -0.127. The third-order valence-electron chi connectivity index (χ3n) is 10.1. The zero-order valence-electron chi connectivity index (χ0n) is 38.0. The van der Waals surface area contributed by atoms with Crippen LogP contribution in [0.25, 0.3) is 0 Å². The van der Waals surface area contributed by atoms with Crippen molar-refractivity contribution in [2.75, 3.05) is 35.5 Å². The first-order chi connectivity index (χ1) is 32.7. The smallest absolute Gasteiger partial charge is 0.258 e. The van der Waals surface area contributed by atoms with Crippen LogP contribution < -0.4 is 30.7 Å². The van der Waals surface area contributed by atoms with Gasteiger partial charge in [0.25, 0.3) is 23.6 Å². The maximum absolute atomic E-state index is 13.5. The number of carbonyl (C=O) groups is 6. The van der Waals surface area contributed by atoms with Gasteiger partial charge in [-0.3, -0.25) is 28.8 Å². The first-order valence-corrected chi connectivity index (χ1v) is 22.9. The van der Waals surface area contributed by atoms with Crippen LogP contribution >= 0.6 is 58.0 Å². The first-order valence-electron chi connectivity index (χ1n) is 20.8. The van der Waals surface area contributed by atoms with Gasteiger partial charge in [-0.2, -0.15) is 20.5 Å². The number of rotatable bonds is 19. The molecule has 5 rings (SSSR count). The number of Topliss-reactive ketones (excluding diaryl/α,β-unsaturated/α-hetero) is 2. The highest BCUT2D eigenvalue weighted by Crippen LogP contribution is 2.35. The second-order valence-corrected chi connectivity index (χ2v) is 18.0. The molecule has 0 saturated carbocycles. The van der Waals surface area contributed by atoms with Crippen molar-refractivity contribution in [3.63, 3.8) is 0 Å². The normalized spacial score (nSPS) is 13.4. The average molecular weight is 1040 g/mol. The number of alkyl halides is 3. The minimum atomic E-state index is -1.63. The zero-order valence-corrected chi connectivity index (χ0v) is 41.8. The molecule has 0 aliphatic carbocycles. The Morgan fingerprint density at radius 2 is 0.870 bits per heavy atom. The maximum atomic E-state index is 13.5. The van der Waals surface area contributed by atoms with Crippen LogP contribution in [0.1, 0.15) is 88.2 Å². The van der Waals surface area contributed by atoms with Gasteiger partial charge in [0.2, 0.25) is 12.1 Å². The van der Waals surface area contributed by atoms with Crippen molar-refractivity contribution < 1.29 is 38.2 Å². The van der Waals surface area contributed by atoms with Gasteiger partial charge in [-0.15, -0.1) is 34.8 Å². The number of hydrogen-bond donors (Lipinski definition) is 4. The second-order valence-electron chi connectivity index (χ2n) is 15.2. The van der Waals surface area contributed by atoms with Gasteiger partial charge in [-0.1, -0.05) is 23.2 Å². The number of azo groups is 2. The number of benzene rings is 5. The van der Waals surface area contributed by atoms with Crippen molar-refractivity contribution in [1.82, 2.24) is 0 Å². The number of carbonyl (C=O) groups excluding carboxylic acids is 6. The molecule has 4 N–H and O–H groups in total. The maximum Gasteiger partial charge on any atom is 0.258 e. The summed E-state index contributed by atoms with van der Waals surface area (Å²) in [5.41, 5.74) is 3.08. The van der Waals surface area contributed by atoms with E-state index in [1.807, 2.05) is 0 Å². The fourth-order valence-electron chi connectivity index (χ4n) is 6.48. The number of methoxy groups -OCH3 is 2. The highest BCUT2D eigenvalue weighted by Gasteiger charge is 2.27. The van der Waals surface area contributed by atoms with E-state index in [1.54, 1.807) is 57.2 Å². The minimum absolute atomic E-state index is 0.0337. The monoisotopic (exact) mass is 1040 g/mol. The summed E-state index contributed by atoms with van der Waals surface area (Å²) in [5.74, 6) is -3.06. The van der Waals surface area contributed by atoms with Gasteiger partial charge in [0.1, 0.15) is 11.5 Å². The molecule has 21 heteroatoms. The first kappa shape index (κ1) is 53.5. The summed E-state index contributed by atoms with van der Waals surface area (Å²) in [7, 11) is 3.02. The molecule has 0 saturated heterocycles. The van der Waals surface area contributed by atoms with E-state index in [9.17, 15) is 28.8 Å². The minimum Gasteiger partial charge on any atom is -0.497 e. The van der Waals surface area contributed by atoms with E-state index in [2.05, 4.69) is 41.7 Å². The topological polar surface area (TPSA) is 218 Å². The Bertz CT molecular complexity index is 2860. The Morgan fingerprint density at radius 1 is 0.493 bits per heavy atom. The van der Waals surface area contributed by atoms with E-state index in [0.717, 1.165) is 13.8 Å². The van der Waals surface area contributed by atoms with Gasteiger partial charge in [-0.25, -0.2) is 0 Å². The standard InChI is InChI=1S/C48H45Cl5N8O8/c1-23(49)33-18-28(54-47(66)43(26(4)62)60-58-29-8-13-38(52)36(19-29)45(64)55-41-16-11-31(68-6)21-34(41)24(2)50)10-15-40(33)57-48(67)44(27(5)63)61-59-30-9-14-39(53)37(20-30)46(65)56-42-17-12-32(69-7)22-35(42)25(3)51/h8-25,43-44H,1-7H3,(H,54,66)(H,55,64)(H,56,65)(H,57,67). The number of ketones is 2. The summed E-state index contributed by atoms with van der Waals surface area (Å²) < 4.78 is 10.5. The Morgan fingerprint density at radius 3 is 1.26 bits per heavy atom. The summed E-state index contributed by atoms with van der Waals surface area (Å²) in [5, 5.41) is 25.5. The van der Waals surface area contributed by atoms with Crippen LogP contribution in [0.5, 0.6) is 11.5 Å². The van der Waals surface area contributed by atoms with Crippen LogP contribution in [0, 0.1) is 0 Å². The SMILES string of the molecule is COc1ccc(NC(=O)c2cc(N=NC(C(C)=O)C(=O)Nc3ccc(NC(=O)C(N=Nc4ccc(Cl)c(C(=O)Nc5ccc(OC)cc5C(C)Cl)c4)C(C)=O)c(C(C)Cl)c3)ccc2Cl)c(C(C)Cl)c1. The molecule has 16 nitrogen and oxygen atoms in total. The number of halogens is 5. The molecule has 0 aliphatic rings. The number of amides is 4. The van der Waals surface area contributed by atoms with E-state index in [-0.39, 0.29) is 43.9 Å². The van der Waals surface area contributed by atoms with Gasteiger partial charge in [0.15, 0.2) is 11.6 Å². The highest BCUT2D eigenvalue weighted by molar-refractivity contribution is 6.35. The molecule has 5 unspecified atom stereocenters. The molecular weight excluding hydrogens is 994 g/mol. The van der Waals surface area contributed by atoms with E-state index < -0.39 is 63.4 Å². The van der Waals surface area contributed by atoms with E-state index >= 15 is 0 Å². The average Bonchev–Trinajstić information content (AvgIpc) is 3.30. The number of ether oxygens (including phenoxy) is 2. The summed E-state index contributed by atoms with van der Waals surface area (Å²) in [6.07, 6.45) is 0. The fraction of sp³-hybridized carbons (Fsp3) is 0.250. The number of anilines is 4. The molecule has 0 aliphatic heterocycles. The molecular formula is C48H45Cl5N8O8. The highest BCUT2D eigenvalue weighted by atomic mass is 35.5. The quantitative estimate of drug-likeness (QED) is 0.0353. The Balaban J connectivity index is 1.28. The predicted octanol–water partition coefficient (Wildman–Crippen LogP) is 12.8. The van der Waals surface area contributed by atoms with Gasteiger partial charge in [0, 0.05) is 22.7 Å². The van der Waals surface area contributed by atoms with Gasteiger partial charge in [-0.05, 0) is 142 Å². The molecule has 0 spiro atoms. The lowest BCUT2D eigenvalue weighted by atomic mass is 10.1. The van der Waals surface area contributed by atoms with Crippen molar-refractivity contribution in [3.8, 4) is 11.5 Å². The Labute approximate surface area is 422 Å². The molecule has 5 aromatic carbocycles. The fourth-order valence-corrected chi connectivity index (χ4v) is 7.43. The molecule has 0 aromatic heterocycles. The van der Waals surface area contributed by atoms with E-state index in [0.29, 0.717) is 39.6 Å². The number of hydrogen-bond acceptors (Lipinski definition) is 12. The predicted molar refractivity (Wildman–Crippen MR) is 269 cm³/mol. The van der Waals surface area contributed by atoms with Crippen LogP contribution in [0.2, 0.25) is 10.0 Å². The van der Waals surface area contributed by atoms with Crippen molar-refractivity contribution >= 4 is 127 Å². The van der Waals surface area contributed by atoms with Gasteiger partial charge < -0.3 is 30.7 Å². The largest absolute Gasteiger partial charge is 0.497 e. The molecule has 5 aromatic rings. The lowest BCUT2D eigenvalue weighted by Crippen LogP contribution is -2.32. The summed E-state index contributed by atoms with van der Waals surface area (Å²) in [6, 6.07) is 19.6. The molecule has 69 heavy (non-hydrogen) atoms. The van der Waals surface area contributed by atoms with Crippen LogP contribution in [0.15, 0.2) is 111 Å². The van der Waals surface area contributed by atoms with E-state index in [1.165, 1.54) is 68.8 Å². The molecule has 5 atom stereocenters.